The van der Waals surface area contributed by atoms with Crippen LogP contribution in [0.1, 0.15) is 59.2 Å². The van der Waals surface area contributed by atoms with E-state index in [0.717, 1.165) is 52.6 Å². The van der Waals surface area contributed by atoms with Crippen molar-refractivity contribution in [2.75, 3.05) is 9.44 Å². The van der Waals surface area contributed by atoms with E-state index in [9.17, 15) is 26.0 Å². The van der Waals surface area contributed by atoms with Crippen molar-refractivity contribution in [1.29, 1.82) is 0 Å². The van der Waals surface area contributed by atoms with Crippen LogP contribution in [0.25, 0.3) is 0 Å². The fourth-order valence-corrected chi connectivity index (χ4v) is 7.81. The van der Waals surface area contributed by atoms with Crippen LogP contribution >= 0.6 is 0 Å². The number of anilines is 2. The Bertz CT molecular complexity index is 2070. The van der Waals surface area contributed by atoms with E-state index in [4.69, 9.17) is 0 Å². The Morgan fingerprint density at radius 1 is 0.660 bits per heavy atom. The minimum atomic E-state index is -3.74. The molecule has 2 aliphatic rings. The smallest absolute Gasteiger partial charge is 0.261 e. The highest BCUT2D eigenvalue weighted by Crippen LogP contribution is 2.28. The Balaban J connectivity index is 0.000000208. The van der Waals surface area contributed by atoms with Gasteiger partial charge in [0.05, 0.1) is 15.5 Å². The number of allylic oxidation sites excluding steroid dienone is 1. The molecule has 0 bridgehead atoms. The maximum atomic E-state index is 13.6. The Hall–Kier alpha value is -4.28. The highest BCUT2D eigenvalue weighted by atomic mass is 32.2. The highest BCUT2D eigenvalue weighted by molar-refractivity contribution is 7.93. The van der Waals surface area contributed by atoms with Crippen LogP contribution in [0.4, 0.5) is 15.8 Å². The summed E-state index contributed by atoms with van der Waals surface area (Å²) >= 11 is 0. The Morgan fingerprint density at radius 2 is 1.26 bits per heavy atom. The molecule has 0 fully saturated rings. The normalized spacial score (nSPS) is 14.1. The number of sulfonamides is 2. The summed E-state index contributed by atoms with van der Waals surface area (Å²) in [5.74, 6) is -0.226. The van der Waals surface area contributed by atoms with E-state index in [1.807, 2.05) is 32.0 Å². The van der Waals surface area contributed by atoms with Gasteiger partial charge in [0.25, 0.3) is 20.0 Å². The largest absolute Gasteiger partial charge is 0.299 e. The quantitative estimate of drug-likeness (QED) is 0.203. The van der Waals surface area contributed by atoms with E-state index in [-0.39, 0.29) is 34.3 Å². The number of benzene rings is 4. The molecule has 7 nitrogen and oxygen atoms in total. The van der Waals surface area contributed by atoms with Crippen LogP contribution in [0.2, 0.25) is 0 Å². The first-order valence-electron chi connectivity index (χ1n) is 15.0. The standard InChI is InChI=1S/C18H18FNO2S.C18H19NO3S.CH4/c1-12-6-7-15-11-16(9-8-14(15)10-12)23(21,22)20-18-5-3-4-17(19)13(18)2;1-12-3-6-16(9-13(12)2)19-23(21,22)18-8-5-14-10-17(20)7-4-15(14)11-18;/h3-5,8-9,11,20H,1,6-7,10H2,2H3;3,5-6,8-9,11,19H,4,7,10H2,1-2H3;1H4. The number of aryl methyl sites for hydroxylation is 4. The molecule has 47 heavy (non-hydrogen) atoms. The van der Waals surface area contributed by atoms with Crippen LogP contribution < -0.4 is 9.44 Å². The van der Waals surface area contributed by atoms with Crippen molar-refractivity contribution < 1.29 is 26.0 Å². The molecule has 10 heteroatoms. The van der Waals surface area contributed by atoms with Gasteiger partial charge in [-0.15, -0.1) is 0 Å². The lowest BCUT2D eigenvalue weighted by atomic mass is 9.89. The van der Waals surface area contributed by atoms with E-state index in [2.05, 4.69) is 16.0 Å². The van der Waals surface area contributed by atoms with Gasteiger partial charge in [0.2, 0.25) is 0 Å². The monoisotopic (exact) mass is 676 g/mol. The molecule has 0 amide bonds. The van der Waals surface area contributed by atoms with Gasteiger partial charge in [0, 0.05) is 24.1 Å². The third kappa shape index (κ3) is 8.36. The lowest BCUT2D eigenvalue weighted by Gasteiger charge is -2.19. The van der Waals surface area contributed by atoms with Gasteiger partial charge in [-0.1, -0.05) is 43.8 Å². The topological polar surface area (TPSA) is 109 Å². The number of hydrogen-bond acceptors (Lipinski definition) is 5. The van der Waals surface area contributed by atoms with Crippen molar-refractivity contribution >= 4 is 37.2 Å². The lowest BCUT2D eigenvalue weighted by molar-refractivity contribution is -0.118. The third-order valence-corrected chi connectivity index (χ3v) is 11.2. The number of Topliss-reactive ketones (excluding diaryl/α,β-unsaturated/α-hetero) is 1. The maximum absolute atomic E-state index is 13.6. The summed E-state index contributed by atoms with van der Waals surface area (Å²) in [6, 6.07) is 20.0. The lowest BCUT2D eigenvalue weighted by Crippen LogP contribution is -2.17. The Labute approximate surface area is 278 Å². The number of carbonyl (C=O) groups excluding carboxylic acids is 1. The van der Waals surface area contributed by atoms with E-state index in [1.54, 1.807) is 49.4 Å². The van der Waals surface area contributed by atoms with E-state index >= 15 is 0 Å². The predicted molar refractivity (Wildman–Crippen MR) is 186 cm³/mol. The summed E-state index contributed by atoms with van der Waals surface area (Å²) in [6.07, 6.45) is 3.98. The molecular formula is C37H41FN2O5S2. The van der Waals surface area contributed by atoms with Crippen LogP contribution in [-0.2, 0) is 50.5 Å². The molecular weight excluding hydrogens is 636 g/mol. The van der Waals surface area contributed by atoms with Crippen molar-refractivity contribution in [3.05, 3.63) is 130 Å². The first-order chi connectivity index (χ1) is 21.7. The number of halogens is 1. The molecule has 4 aromatic carbocycles. The zero-order valence-electron chi connectivity index (χ0n) is 26.1. The molecule has 0 radical (unpaired) electrons. The first-order valence-corrected chi connectivity index (χ1v) is 18.0. The fourth-order valence-electron chi connectivity index (χ4n) is 5.53. The van der Waals surface area contributed by atoms with E-state index in [1.165, 1.54) is 17.7 Å². The summed E-state index contributed by atoms with van der Waals surface area (Å²) < 4.78 is 68.9. The number of ketones is 1. The number of hydrogen-bond donors (Lipinski definition) is 2. The Morgan fingerprint density at radius 3 is 1.89 bits per heavy atom. The average Bonchev–Trinajstić information content (AvgIpc) is 3.01. The molecule has 4 aromatic rings. The van der Waals surface area contributed by atoms with Crippen molar-refractivity contribution in [3.63, 3.8) is 0 Å². The number of carbonyl (C=O) groups is 1. The van der Waals surface area contributed by atoms with Crippen LogP contribution in [0, 0.1) is 26.6 Å². The second kappa shape index (κ2) is 14.2. The number of fused-ring (bicyclic) bond motifs is 2. The molecule has 0 saturated carbocycles. The second-order valence-electron chi connectivity index (χ2n) is 11.9. The molecule has 0 saturated heterocycles. The van der Waals surface area contributed by atoms with Gasteiger partial charge in [-0.25, -0.2) is 21.2 Å². The van der Waals surface area contributed by atoms with Crippen LogP contribution in [0.5, 0.6) is 0 Å². The van der Waals surface area contributed by atoms with E-state index < -0.39 is 25.9 Å². The number of rotatable bonds is 6. The Kier molecular flexibility index (Phi) is 10.8. The number of nitrogens with one attached hydrogen (secondary N) is 2. The van der Waals surface area contributed by atoms with E-state index in [0.29, 0.717) is 24.9 Å². The van der Waals surface area contributed by atoms with Gasteiger partial charge in [0.1, 0.15) is 11.6 Å². The zero-order chi connectivity index (χ0) is 33.2. The summed E-state index contributed by atoms with van der Waals surface area (Å²) in [4.78, 5) is 11.9. The molecule has 0 spiro atoms. The van der Waals surface area contributed by atoms with Gasteiger partial charge >= 0.3 is 0 Å². The van der Waals surface area contributed by atoms with Crippen molar-refractivity contribution in [1.82, 2.24) is 0 Å². The molecule has 0 unspecified atom stereocenters. The van der Waals surface area contributed by atoms with Gasteiger partial charge < -0.3 is 0 Å². The van der Waals surface area contributed by atoms with Gasteiger partial charge in [0.15, 0.2) is 0 Å². The zero-order valence-corrected chi connectivity index (χ0v) is 27.7. The molecule has 6 rings (SSSR count). The second-order valence-corrected chi connectivity index (χ2v) is 15.3. The third-order valence-electron chi connectivity index (χ3n) is 8.50. The molecule has 2 N–H and O–H groups in total. The molecule has 0 heterocycles. The molecule has 0 aromatic heterocycles. The van der Waals surface area contributed by atoms with Crippen molar-refractivity contribution in [2.24, 2.45) is 0 Å². The minimum absolute atomic E-state index is 0. The summed E-state index contributed by atoms with van der Waals surface area (Å²) in [5, 5.41) is 0. The van der Waals surface area contributed by atoms with Crippen LogP contribution in [-0.4, -0.2) is 22.6 Å². The maximum Gasteiger partial charge on any atom is 0.261 e. The predicted octanol–water partition coefficient (Wildman–Crippen LogP) is 7.78. The molecule has 0 aliphatic heterocycles. The molecule has 248 valence electrons. The summed E-state index contributed by atoms with van der Waals surface area (Å²) in [6.45, 7) is 9.47. The van der Waals surface area contributed by atoms with Crippen LogP contribution in [0.15, 0.2) is 94.7 Å². The summed E-state index contributed by atoms with van der Waals surface area (Å²) in [5.41, 5.74) is 8.47. The fraction of sp³-hybridized carbons (Fsp3) is 0.270. The summed E-state index contributed by atoms with van der Waals surface area (Å²) in [7, 11) is -7.36. The SMILES string of the molecule is C.C=C1CCc2cc(S(=O)(=O)Nc3cccc(F)c3C)ccc2C1.Cc1ccc(NS(=O)(=O)c2ccc3c(c2)CCC(=O)C3)cc1C. The highest BCUT2D eigenvalue weighted by Gasteiger charge is 2.22. The van der Waals surface area contributed by atoms with Gasteiger partial charge in [-0.3, -0.25) is 14.2 Å². The van der Waals surface area contributed by atoms with Crippen molar-refractivity contribution in [3.8, 4) is 0 Å². The van der Waals surface area contributed by atoms with Crippen molar-refractivity contribution in [2.45, 2.75) is 76.5 Å². The minimum Gasteiger partial charge on any atom is -0.299 e. The van der Waals surface area contributed by atoms with Crippen LogP contribution in [0.3, 0.4) is 0 Å². The van der Waals surface area contributed by atoms with Gasteiger partial charge in [-0.2, -0.15) is 0 Å². The van der Waals surface area contributed by atoms with Gasteiger partial charge in [-0.05, 0) is 128 Å². The molecule has 2 aliphatic carbocycles. The average molecular weight is 677 g/mol. The molecule has 0 atom stereocenters. The first kappa shape index (κ1) is 35.6.